The van der Waals surface area contributed by atoms with Crippen molar-refractivity contribution in [2.45, 2.75) is 18.5 Å². The van der Waals surface area contributed by atoms with Crippen LogP contribution in [0.2, 0.25) is 0 Å². The van der Waals surface area contributed by atoms with Gasteiger partial charge in [0.05, 0.1) is 0 Å². The molecule has 0 aliphatic rings. The molecule has 0 unspecified atom stereocenters. The minimum atomic E-state index is -4.63. The van der Waals surface area contributed by atoms with Crippen molar-refractivity contribution in [3.05, 3.63) is 29.8 Å². The summed E-state index contributed by atoms with van der Waals surface area (Å²) in [5.74, 6) is -0.213. The molecule has 0 bridgehead atoms. The Labute approximate surface area is 85.3 Å². The summed E-state index contributed by atoms with van der Waals surface area (Å²) in [6.07, 6.45) is -4.63. The molecule has 0 heterocycles. The third-order valence-electron chi connectivity index (χ3n) is 1.60. The molecule has 78 valence electrons. The Morgan fingerprint density at radius 2 is 1.71 bits per heavy atom. The van der Waals surface area contributed by atoms with Crippen LogP contribution in [0.25, 0.3) is 0 Å². The Bertz CT molecular complexity index is 292. The van der Waals surface area contributed by atoms with E-state index in [0.29, 0.717) is 0 Å². The second-order valence-electron chi connectivity index (χ2n) is 2.79. The van der Waals surface area contributed by atoms with E-state index in [4.69, 9.17) is 0 Å². The highest BCUT2D eigenvalue weighted by molar-refractivity contribution is 7.80. The van der Waals surface area contributed by atoms with E-state index in [0.717, 1.165) is 5.56 Å². The second kappa shape index (κ2) is 4.13. The molecule has 0 spiro atoms. The SMILES string of the molecule is C[C@@H](S)c1ccc(OC(F)(F)F)cc1. The summed E-state index contributed by atoms with van der Waals surface area (Å²) in [7, 11) is 0. The van der Waals surface area contributed by atoms with Crippen LogP contribution in [0, 0.1) is 0 Å². The Hall–Kier alpha value is -0.840. The number of ether oxygens (including phenoxy) is 1. The maximum Gasteiger partial charge on any atom is 0.573 e. The lowest BCUT2D eigenvalue weighted by molar-refractivity contribution is -0.274. The number of hydrogen-bond donors (Lipinski definition) is 1. The topological polar surface area (TPSA) is 9.23 Å². The number of rotatable bonds is 2. The van der Waals surface area contributed by atoms with Crippen LogP contribution in [-0.2, 0) is 0 Å². The molecular weight excluding hydrogens is 213 g/mol. The second-order valence-corrected chi connectivity index (χ2v) is 3.57. The molecule has 1 aromatic rings. The van der Waals surface area contributed by atoms with E-state index in [1.54, 1.807) is 12.1 Å². The van der Waals surface area contributed by atoms with E-state index >= 15 is 0 Å². The van der Waals surface area contributed by atoms with Gasteiger partial charge in [-0.05, 0) is 24.6 Å². The fraction of sp³-hybridized carbons (Fsp3) is 0.333. The molecule has 0 radical (unpaired) electrons. The first-order chi connectivity index (χ1) is 6.38. The minimum absolute atomic E-state index is 0.00469. The van der Waals surface area contributed by atoms with Crippen molar-refractivity contribution in [3.8, 4) is 5.75 Å². The average molecular weight is 222 g/mol. The first-order valence-corrected chi connectivity index (χ1v) is 4.44. The van der Waals surface area contributed by atoms with Gasteiger partial charge in [0, 0.05) is 5.25 Å². The molecule has 0 saturated heterocycles. The normalized spacial score (nSPS) is 13.8. The van der Waals surface area contributed by atoms with Crippen molar-refractivity contribution in [2.75, 3.05) is 0 Å². The maximum atomic E-state index is 11.8. The van der Waals surface area contributed by atoms with Gasteiger partial charge in [0.1, 0.15) is 5.75 Å². The lowest BCUT2D eigenvalue weighted by atomic mass is 10.2. The van der Waals surface area contributed by atoms with Gasteiger partial charge in [0.25, 0.3) is 0 Å². The lowest BCUT2D eigenvalue weighted by Crippen LogP contribution is -2.17. The van der Waals surface area contributed by atoms with Gasteiger partial charge >= 0.3 is 6.36 Å². The van der Waals surface area contributed by atoms with Crippen LogP contribution in [0.3, 0.4) is 0 Å². The highest BCUT2D eigenvalue weighted by atomic mass is 32.1. The molecule has 1 atom stereocenters. The van der Waals surface area contributed by atoms with Crippen molar-refractivity contribution >= 4 is 12.6 Å². The highest BCUT2D eigenvalue weighted by Gasteiger charge is 2.30. The molecule has 0 aromatic heterocycles. The van der Waals surface area contributed by atoms with Gasteiger partial charge in [-0.3, -0.25) is 0 Å². The molecule has 14 heavy (non-hydrogen) atoms. The van der Waals surface area contributed by atoms with Crippen LogP contribution in [0.4, 0.5) is 13.2 Å². The Kier molecular flexibility index (Phi) is 3.31. The Morgan fingerprint density at radius 1 is 1.21 bits per heavy atom. The van der Waals surface area contributed by atoms with Gasteiger partial charge in [0.15, 0.2) is 0 Å². The van der Waals surface area contributed by atoms with E-state index in [-0.39, 0.29) is 11.0 Å². The molecule has 1 rings (SSSR count). The first-order valence-electron chi connectivity index (χ1n) is 3.92. The van der Waals surface area contributed by atoms with Gasteiger partial charge in [-0.15, -0.1) is 13.2 Å². The molecule has 0 amide bonds. The molecule has 0 fully saturated rings. The predicted molar refractivity (Wildman–Crippen MR) is 50.5 cm³/mol. The molecule has 1 nitrogen and oxygen atoms in total. The standard InChI is InChI=1S/C9H9F3OS/c1-6(14)7-2-4-8(5-3-7)13-9(10,11)12/h2-6,14H,1H3/t6-/m1/s1. The van der Waals surface area contributed by atoms with Crippen LogP contribution in [0.1, 0.15) is 17.7 Å². The van der Waals surface area contributed by atoms with E-state index < -0.39 is 6.36 Å². The molecular formula is C9H9F3OS. The van der Waals surface area contributed by atoms with Crippen LogP contribution in [0.15, 0.2) is 24.3 Å². The summed E-state index contributed by atoms with van der Waals surface area (Å²) in [5.41, 5.74) is 0.850. The van der Waals surface area contributed by atoms with Crippen molar-refractivity contribution in [1.29, 1.82) is 0 Å². The molecule has 1 aromatic carbocycles. The third-order valence-corrected chi connectivity index (χ3v) is 1.89. The van der Waals surface area contributed by atoms with E-state index in [1.807, 2.05) is 6.92 Å². The maximum absolute atomic E-state index is 11.8. The number of halogens is 3. The summed E-state index contributed by atoms with van der Waals surface area (Å²) in [6, 6.07) is 5.66. The summed E-state index contributed by atoms with van der Waals surface area (Å²) < 4.78 is 39.0. The summed E-state index contributed by atoms with van der Waals surface area (Å²) in [4.78, 5) is 0. The summed E-state index contributed by atoms with van der Waals surface area (Å²) >= 11 is 4.15. The van der Waals surface area contributed by atoms with Gasteiger partial charge in [-0.25, -0.2) is 0 Å². The van der Waals surface area contributed by atoms with Crippen LogP contribution >= 0.6 is 12.6 Å². The Morgan fingerprint density at radius 3 is 2.07 bits per heavy atom. The quantitative estimate of drug-likeness (QED) is 0.752. The van der Waals surface area contributed by atoms with Crippen LogP contribution in [0.5, 0.6) is 5.75 Å². The zero-order valence-corrected chi connectivity index (χ0v) is 8.27. The van der Waals surface area contributed by atoms with Gasteiger partial charge in [-0.1, -0.05) is 12.1 Å². The predicted octanol–water partition coefficient (Wildman–Crippen LogP) is 3.58. The molecule has 0 aliphatic carbocycles. The fourth-order valence-electron chi connectivity index (χ4n) is 0.948. The minimum Gasteiger partial charge on any atom is -0.406 e. The number of hydrogen-bond acceptors (Lipinski definition) is 2. The largest absolute Gasteiger partial charge is 0.573 e. The van der Waals surface area contributed by atoms with Gasteiger partial charge in [-0.2, -0.15) is 12.6 Å². The molecule has 0 aliphatic heterocycles. The Balaban J connectivity index is 2.74. The molecule has 0 saturated carbocycles. The van der Waals surface area contributed by atoms with Crippen LogP contribution in [-0.4, -0.2) is 6.36 Å². The summed E-state index contributed by atoms with van der Waals surface area (Å²) in [5, 5.41) is -0.00469. The van der Waals surface area contributed by atoms with Gasteiger partial charge < -0.3 is 4.74 Å². The van der Waals surface area contributed by atoms with Gasteiger partial charge in [0.2, 0.25) is 0 Å². The van der Waals surface area contributed by atoms with E-state index in [1.165, 1.54) is 12.1 Å². The average Bonchev–Trinajstić information content (AvgIpc) is 2.02. The number of alkyl halides is 3. The van der Waals surface area contributed by atoms with Crippen molar-refractivity contribution in [2.24, 2.45) is 0 Å². The van der Waals surface area contributed by atoms with Crippen molar-refractivity contribution in [1.82, 2.24) is 0 Å². The molecule has 5 heteroatoms. The molecule has 0 N–H and O–H groups in total. The number of thiol groups is 1. The first kappa shape index (κ1) is 11.2. The highest BCUT2D eigenvalue weighted by Crippen LogP contribution is 2.25. The van der Waals surface area contributed by atoms with Crippen LogP contribution < -0.4 is 4.74 Å². The zero-order valence-electron chi connectivity index (χ0n) is 7.38. The smallest absolute Gasteiger partial charge is 0.406 e. The summed E-state index contributed by atoms with van der Waals surface area (Å²) in [6.45, 7) is 1.84. The monoisotopic (exact) mass is 222 g/mol. The van der Waals surface area contributed by atoms with E-state index in [2.05, 4.69) is 17.4 Å². The lowest BCUT2D eigenvalue weighted by Gasteiger charge is -2.10. The number of benzene rings is 1. The van der Waals surface area contributed by atoms with Crippen molar-refractivity contribution in [3.63, 3.8) is 0 Å². The zero-order chi connectivity index (χ0) is 10.8. The fourth-order valence-corrected chi connectivity index (χ4v) is 1.12. The van der Waals surface area contributed by atoms with E-state index in [9.17, 15) is 13.2 Å². The van der Waals surface area contributed by atoms with Crippen molar-refractivity contribution < 1.29 is 17.9 Å². The third kappa shape index (κ3) is 3.49.